The Morgan fingerprint density at radius 3 is 2.56 bits per heavy atom. The number of nitrogen functional groups attached to an aromatic ring is 1. The lowest BCUT2D eigenvalue weighted by atomic mass is 9.95. The molecule has 0 radical (unpaired) electrons. The van der Waals surface area contributed by atoms with E-state index in [0.717, 1.165) is 47.7 Å². The highest BCUT2D eigenvalue weighted by Gasteiger charge is 2.23. The van der Waals surface area contributed by atoms with Gasteiger partial charge in [-0.1, -0.05) is 61.2 Å². The van der Waals surface area contributed by atoms with Crippen LogP contribution in [-0.2, 0) is 0 Å². The number of rotatable bonds is 4. The number of amides is 1. The minimum absolute atomic E-state index is 0.108. The van der Waals surface area contributed by atoms with Crippen molar-refractivity contribution in [1.29, 1.82) is 0 Å². The van der Waals surface area contributed by atoms with Crippen molar-refractivity contribution in [1.82, 2.24) is 25.5 Å². The topological polar surface area (TPSA) is 110 Å². The van der Waals surface area contributed by atoms with Gasteiger partial charge in [0.15, 0.2) is 11.5 Å². The van der Waals surface area contributed by atoms with E-state index in [1.165, 1.54) is 6.42 Å². The first-order valence-electron chi connectivity index (χ1n) is 10.8. The summed E-state index contributed by atoms with van der Waals surface area (Å²) >= 11 is 6.49. The average Bonchev–Trinajstić information content (AvgIpc) is 3.29. The predicted octanol–water partition coefficient (Wildman–Crippen LogP) is 4.99. The Hall–Kier alpha value is -3.45. The minimum atomic E-state index is -0.293. The fourth-order valence-corrected chi connectivity index (χ4v) is 4.53. The largest absolute Gasteiger partial charge is 0.382 e. The number of benzene rings is 2. The summed E-state index contributed by atoms with van der Waals surface area (Å²) in [4.78, 5) is 22.4. The molecule has 8 heteroatoms. The molecule has 0 atom stereocenters. The molecule has 0 unspecified atom stereocenters. The van der Waals surface area contributed by atoms with Crippen LogP contribution in [0, 0.1) is 0 Å². The number of hydrogen-bond acceptors (Lipinski definition) is 5. The maximum Gasteiger partial charge on any atom is 0.273 e. The van der Waals surface area contributed by atoms with Gasteiger partial charge in [-0.15, -0.1) is 0 Å². The maximum absolute atomic E-state index is 13.1. The lowest BCUT2D eigenvalue weighted by Crippen LogP contribution is -2.37. The third-order valence-electron chi connectivity index (χ3n) is 5.90. The zero-order valence-corrected chi connectivity index (χ0v) is 18.2. The molecule has 1 aliphatic rings. The van der Waals surface area contributed by atoms with Gasteiger partial charge in [-0.25, -0.2) is 9.97 Å². The van der Waals surface area contributed by atoms with Gasteiger partial charge in [-0.3, -0.25) is 9.89 Å². The Labute approximate surface area is 190 Å². The van der Waals surface area contributed by atoms with Crippen molar-refractivity contribution in [3.05, 3.63) is 59.4 Å². The molecule has 1 fully saturated rings. The summed E-state index contributed by atoms with van der Waals surface area (Å²) in [6.45, 7) is 0. The van der Waals surface area contributed by atoms with Crippen molar-refractivity contribution in [2.45, 2.75) is 38.1 Å². The van der Waals surface area contributed by atoms with E-state index in [1.54, 1.807) is 12.3 Å². The van der Waals surface area contributed by atoms with E-state index < -0.39 is 0 Å². The number of nitrogens with one attached hydrogen (secondary N) is 2. The molecule has 0 aliphatic heterocycles. The molecule has 0 saturated heterocycles. The first kappa shape index (κ1) is 20.5. The maximum atomic E-state index is 13.1. The Bertz CT molecular complexity index is 1280. The van der Waals surface area contributed by atoms with Gasteiger partial charge < -0.3 is 11.1 Å². The lowest BCUT2D eigenvalue weighted by Gasteiger charge is -2.23. The first-order valence-corrected chi connectivity index (χ1v) is 11.1. The van der Waals surface area contributed by atoms with Crippen LogP contribution in [0.15, 0.2) is 48.7 Å². The minimum Gasteiger partial charge on any atom is -0.382 e. The van der Waals surface area contributed by atoms with E-state index in [-0.39, 0.29) is 23.5 Å². The number of carbonyl (C=O) groups excluding carboxylic acids is 1. The van der Waals surface area contributed by atoms with Crippen LogP contribution in [0.4, 0.5) is 5.82 Å². The Morgan fingerprint density at radius 2 is 1.78 bits per heavy atom. The summed E-state index contributed by atoms with van der Waals surface area (Å²) in [5, 5.41) is 11.4. The number of carbonyl (C=O) groups is 1. The molecular formula is C24H23ClN6O. The van der Waals surface area contributed by atoms with Crippen LogP contribution in [0.2, 0.25) is 5.02 Å². The molecular weight excluding hydrogens is 424 g/mol. The Balaban J connectivity index is 1.63. The second-order valence-electron chi connectivity index (χ2n) is 8.12. The van der Waals surface area contributed by atoms with E-state index >= 15 is 0 Å². The van der Waals surface area contributed by atoms with Crippen LogP contribution in [0.5, 0.6) is 0 Å². The van der Waals surface area contributed by atoms with Crippen molar-refractivity contribution in [2.75, 3.05) is 5.73 Å². The van der Waals surface area contributed by atoms with E-state index in [2.05, 4.69) is 20.5 Å². The van der Waals surface area contributed by atoms with E-state index in [9.17, 15) is 4.79 Å². The molecule has 32 heavy (non-hydrogen) atoms. The first-order chi connectivity index (χ1) is 15.6. The van der Waals surface area contributed by atoms with Gasteiger partial charge in [0.25, 0.3) is 5.91 Å². The normalized spacial score (nSPS) is 14.5. The summed E-state index contributed by atoms with van der Waals surface area (Å²) < 4.78 is 0. The van der Waals surface area contributed by atoms with Crippen molar-refractivity contribution in [2.24, 2.45) is 0 Å². The highest BCUT2D eigenvalue weighted by atomic mass is 35.5. The third kappa shape index (κ3) is 3.91. The molecule has 2 heterocycles. The van der Waals surface area contributed by atoms with E-state index in [4.69, 9.17) is 22.3 Å². The van der Waals surface area contributed by atoms with Crippen LogP contribution in [0.1, 0.15) is 42.6 Å². The van der Waals surface area contributed by atoms with Crippen LogP contribution in [-0.4, -0.2) is 32.1 Å². The second-order valence-corrected chi connectivity index (χ2v) is 8.53. The number of nitrogens with two attached hydrogens (primary N) is 1. The average molecular weight is 447 g/mol. The molecule has 0 bridgehead atoms. The SMILES string of the molecule is Nc1nc(-c2ccccc2)c(-c2cc(Cl)c3[nH]ncc3c2)nc1C(=O)NC1CCCCC1. The number of fused-ring (bicyclic) bond motifs is 1. The molecule has 1 saturated carbocycles. The van der Waals surface area contributed by atoms with Gasteiger partial charge >= 0.3 is 0 Å². The second kappa shape index (κ2) is 8.59. The number of halogens is 1. The molecule has 0 spiro atoms. The van der Waals surface area contributed by atoms with Gasteiger partial charge in [-0.05, 0) is 25.0 Å². The van der Waals surface area contributed by atoms with Crippen LogP contribution in [0.25, 0.3) is 33.4 Å². The summed E-state index contributed by atoms with van der Waals surface area (Å²) in [5.41, 5.74) is 9.85. The fraction of sp³-hybridized carbons (Fsp3) is 0.250. The zero-order valence-electron chi connectivity index (χ0n) is 17.4. The standard InChI is InChI=1S/C24H23ClN6O/c25-18-12-15(11-16-13-27-31-19(16)18)21-20(14-7-3-1-4-8-14)30-23(26)22(29-21)24(32)28-17-9-5-2-6-10-17/h1,3-4,7-8,11-13,17H,2,5-6,9-10H2,(H2,26,30)(H,27,31)(H,28,32). The molecule has 1 aliphatic carbocycles. The smallest absolute Gasteiger partial charge is 0.273 e. The Morgan fingerprint density at radius 1 is 1.03 bits per heavy atom. The fourth-order valence-electron chi connectivity index (χ4n) is 4.27. The van der Waals surface area contributed by atoms with Gasteiger partial charge in [0.1, 0.15) is 0 Å². The van der Waals surface area contributed by atoms with Crippen LogP contribution < -0.4 is 11.1 Å². The molecule has 4 N–H and O–H groups in total. The highest BCUT2D eigenvalue weighted by Crippen LogP contribution is 2.35. The van der Waals surface area contributed by atoms with Gasteiger partial charge in [0.2, 0.25) is 0 Å². The Kier molecular flexibility index (Phi) is 5.49. The number of anilines is 1. The summed E-state index contributed by atoms with van der Waals surface area (Å²) in [5.74, 6) is -0.186. The lowest BCUT2D eigenvalue weighted by molar-refractivity contribution is 0.0923. The molecule has 1 amide bonds. The number of hydrogen-bond donors (Lipinski definition) is 3. The number of H-pyrrole nitrogens is 1. The molecule has 162 valence electrons. The molecule has 2 aromatic heterocycles. The summed E-state index contributed by atoms with van der Waals surface area (Å²) in [7, 11) is 0. The molecule has 2 aromatic carbocycles. The van der Waals surface area contributed by atoms with Crippen LogP contribution >= 0.6 is 11.6 Å². The van der Waals surface area contributed by atoms with Crippen molar-refractivity contribution >= 4 is 34.2 Å². The van der Waals surface area contributed by atoms with E-state index in [0.29, 0.717) is 16.4 Å². The summed E-state index contributed by atoms with van der Waals surface area (Å²) in [6, 6.07) is 13.5. The molecule has 5 rings (SSSR count). The quantitative estimate of drug-likeness (QED) is 0.409. The third-order valence-corrected chi connectivity index (χ3v) is 6.20. The van der Waals surface area contributed by atoms with Crippen molar-refractivity contribution in [3.8, 4) is 22.5 Å². The molecule has 7 nitrogen and oxygen atoms in total. The van der Waals surface area contributed by atoms with Gasteiger partial charge in [0.05, 0.1) is 28.1 Å². The van der Waals surface area contributed by atoms with Gasteiger partial charge in [0, 0.05) is 22.6 Å². The predicted molar refractivity (Wildman–Crippen MR) is 126 cm³/mol. The number of aromatic nitrogens is 4. The van der Waals surface area contributed by atoms with E-state index in [1.807, 2.05) is 36.4 Å². The number of aromatic amines is 1. The van der Waals surface area contributed by atoms with Crippen molar-refractivity contribution in [3.63, 3.8) is 0 Å². The number of nitrogens with zero attached hydrogens (tertiary/aromatic N) is 3. The molecule has 4 aromatic rings. The van der Waals surface area contributed by atoms with Gasteiger partial charge in [-0.2, -0.15) is 5.10 Å². The highest BCUT2D eigenvalue weighted by molar-refractivity contribution is 6.35. The summed E-state index contributed by atoms with van der Waals surface area (Å²) in [6.07, 6.45) is 7.10. The monoisotopic (exact) mass is 446 g/mol. The van der Waals surface area contributed by atoms with Crippen molar-refractivity contribution < 1.29 is 4.79 Å². The zero-order chi connectivity index (χ0) is 22.1. The van der Waals surface area contributed by atoms with Crippen LogP contribution in [0.3, 0.4) is 0 Å².